The van der Waals surface area contributed by atoms with Gasteiger partial charge < -0.3 is 15.5 Å². The fourth-order valence-corrected chi connectivity index (χ4v) is 1.07. The number of nitrogens with one attached hydrogen (secondary N) is 1. The van der Waals surface area contributed by atoms with Gasteiger partial charge in [-0.05, 0) is 18.6 Å². The first-order valence-electron chi connectivity index (χ1n) is 4.44. The summed E-state index contributed by atoms with van der Waals surface area (Å²) in [5.74, 6) is -0.531. The minimum Gasteiger partial charge on any atom is -0.508 e. The summed E-state index contributed by atoms with van der Waals surface area (Å²) < 4.78 is 0. The Balaban J connectivity index is 2.79. The maximum absolute atomic E-state index is 11.4. The number of carbonyl (C=O) groups is 1. The van der Waals surface area contributed by atoms with Gasteiger partial charge in [0.2, 0.25) is 0 Å². The molecule has 0 aliphatic heterocycles. The fourth-order valence-electron chi connectivity index (χ4n) is 1.07. The van der Waals surface area contributed by atoms with Crippen molar-refractivity contribution in [2.24, 2.45) is 0 Å². The maximum atomic E-state index is 11.4. The van der Waals surface area contributed by atoms with Crippen LogP contribution in [0.2, 0.25) is 0 Å². The smallest absolute Gasteiger partial charge is 0.251 e. The quantitative estimate of drug-likeness (QED) is 0.679. The van der Waals surface area contributed by atoms with Crippen LogP contribution in [-0.2, 0) is 0 Å². The zero-order valence-corrected chi connectivity index (χ0v) is 7.95. The average Bonchev–Trinajstić information content (AvgIpc) is 2.12. The second-order valence-electron chi connectivity index (χ2n) is 2.99. The van der Waals surface area contributed by atoms with Crippen LogP contribution < -0.4 is 5.32 Å². The number of aromatic hydroxyl groups is 2. The minimum absolute atomic E-state index is 0.119. The Morgan fingerprint density at radius 2 is 1.86 bits per heavy atom. The lowest BCUT2D eigenvalue weighted by Crippen LogP contribution is -2.23. The molecule has 3 N–H and O–H groups in total. The molecule has 1 rings (SSSR count). The van der Waals surface area contributed by atoms with Gasteiger partial charge in [-0.2, -0.15) is 0 Å². The fraction of sp³-hybridized carbons (Fsp3) is 0.300. The second kappa shape index (κ2) is 4.50. The Labute approximate surface area is 82.2 Å². The van der Waals surface area contributed by atoms with Gasteiger partial charge in [0.05, 0.1) is 0 Å². The van der Waals surface area contributed by atoms with Crippen molar-refractivity contribution in [3.8, 4) is 11.5 Å². The first-order valence-corrected chi connectivity index (χ1v) is 4.44. The molecule has 0 aromatic heterocycles. The van der Waals surface area contributed by atoms with Crippen LogP contribution in [0.25, 0.3) is 0 Å². The number of carbonyl (C=O) groups excluding carboxylic acids is 1. The summed E-state index contributed by atoms with van der Waals surface area (Å²) in [6.07, 6.45) is 0.844. The Hall–Kier alpha value is -1.71. The lowest BCUT2D eigenvalue weighted by atomic mass is 10.2. The predicted molar refractivity (Wildman–Crippen MR) is 52.4 cm³/mol. The topological polar surface area (TPSA) is 69.6 Å². The van der Waals surface area contributed by atoms with E-state index >= 15 is 0 Å². The first kappa shape index (κ1) is 10.4. The van der Waals surface area contributed by atoms with Crippen LogP contribution in [-0.4, -0.2) is 22.7 Å². The molecule has 0 saturated carbocycles. The van der Waals surface area contributed by atoms with Crippen LogP contribution in [0.5, 0.6) is 11.5 Å². The molecule has 0 aliphatic carbocycles. The molecule has 0 fully saturated rings. The molecule has 0 saturated heterocycles. The molecule has 0 atom stereocenters. The number of phenolic OH excluding ortho intramolecular Hbond substituents is 2. The highest BCUT2D eigenvalue weighted by Gasteiger charge is 2.06. The van der Waals surface area contributed by atoms with Gasteiger partial charge in [0.15, 0.2) is 0 Å². The molecular formula is C10H13NO3. The summed E-state index contributed by atoms with van der Waals surface area (Å²) >= 11 is 0. The Bertz CT molecular complexity index is 316. The van der Waals surface area contributed by atoms with Crippen LogP contribution in [0.15, 0.2) is 18.2 Å². The van der Waals surface area contributed by atoms with Gasteiger partial charge in [0, 0.05) is 18.2 Å². The number of hydrogen-bond acceptors (Lipinski definition) is 3. The number of amides is 1. The van der Waals surface area contributed by atoms with Crippen molar-refractivity contribution in [3.63, 3.8) is 0 Å². The maximum Gasteiger partial charge on any atom is 0.251 e. The third kappa shape index (κ3) is 2.65. The highest BCUT2D eigenvalue weighted by Crippen LogP contribution is 2.20. The summed E-state index contributed by atoms with van der Waals surface area (Å²) in [7, 11) is 0. The van der Waals surface area contributed by atoms with Crippen LogP contribution in [0.4, 0.5) is 0 Å². The second-order valence-corrected chi connectivity index (χ2v) is 2.99. The van der Waals surface area contributed by atoms with Crippen molar-refractivity contribution in [1.29, 1.82) is 0 Å². The molecular weight excluding hydrogens is 182 g/mol. The highest BCUT2D eigenvalue weighted by molar-refractivity contribution is 5.94. The van der Waals surface area contributed by atoms with E-state index in [0.29, 0.717) is 6.54 Å². The standard InChI is InChI=1S/C10H13NO3/c1-2-3-11-10(14)7-4-8(12)6-9(13)5-7/h4-6,12-13H,2-3H2,1H3,(H,11,14). The van der Waals surface area contributed by atoms with Crippen molar-refractivity contribution in [2.75, 3.05) is 6.54 Å². The summed E-state index contributed by atoms with van der Waals surface area (Å²) in [5, 5.41) is 20.9. The zero-order valence-electron chi connectivity index (χ0n) is 7.95. The molecule has 4 heteroatoms. The van der Waals surface area contributed by atoms with Gasteiger partial charge in [-0.25, -0.2) is 0 Å². The normalized spacial score (nSPS) is 9.79. The van der Waals surface area contributed by atoms with E-state index in [1.165, 1.54) is 18.2 Å². The molecule has 1 aromatic carbocycles. The van der Waals surface area contributed by atoms with Gasteiger partial charge in [0.1, 0.15) is 11.5 Å². The molecule has 1 amide bonds. The Morgan fingerprint density at radius 3 is 2.36 bits per heavy atom. The number of rotatable bonds is 3. The van der Waals surface area contributed by atoms with E-state index in [0.717, 1.165) is 6.42 Å². The van der Waals surface area contributed by atoms with E-state index in [1.807, 2.05) is 6.92 Å². The van der Waals surface area contributed by atoms with E-state index in [-0.39, 0.29) is 23.0 Å². The van der Waals surface area contributed by atoms with E-state index in [2.05, 4.69) is 5.32 Å². The number of phenols is 2. The minimum atomic E-state index is -0.293. The molecule has 76 valence electrons. The number of benzene rings is 1. The molecule has 14 heavy (non-hydrogen) atoms. The summed E-state index contributed by atoms with van der Waals surface area (Å²) in [5.41, 5.74) is 0.260. The van der Waals surface area contributed by atoms with Crippen molar-refractivity contribution in [1.82, 2.24) is 5.32 Å². The van der Waals surface area contributed by atoms with Gasteiger partial charge in [-0.15, -0.1) is 0 Å². The van der Waals surface area contributed by atoms with E-state index in [9.17, 15) is 4.79 Å². The lowest BCUT2D eigenvalue weighted by Gasteiger charge is -2.04. The Kier molecular flexibility index (Phi) is 3.34. The first-order chi connectivity index (χ1) is 6.63. The molecule has 0 bridgehead atoms. The summed E-state index contributed by atoms with van der Waals surface area (Å²) in [4.78, 5) is 11.4. The van der Waals surface area contributed by atoms with Crippen LogP contribution in [0.1, 0.15) is 23.7 Å². The molecule has 0 heterocycles. The number of hydrogen-bond donors (Lipinski definition) is 3. The molecule has 0 unspecified atom stereocenters. The van der Waals surface area contributed by atoms with Crippen molar-refractivity contribution in [2.45, 2.75) is 13.3 Å². The Morgan fingerprint density at radius 1 is 1.29 bits per heavy atom. The van der Waals surface area contributed by atoms with Crippen LogP contribution >= 0.6 is 0 Å². The van der Waals surface area contributed by atoms with Gasteiger partial charge in [-0.3, -0.25) is 4.79 Å². The molecule has 0 radical (unpaired) electrons. The molecule has 1 aromatic rings. The van der Waals surface area contributed by atoms with Crippen LogP contribution in [0.3, 0.4) is 0 Å². The largest absolute Gasteiger partial charge is 0.508 e. The van der Waals surface area contributed by atoms with Crippen molar-refractivity contribution < 1.29 is 15.0 Å². The van der Waals surface area contributed by atoms with Crippen molar-refractivity contribution >= 4 is 5.91 Å². The van der Waals surface area contributed by atoms with Crippen LogP contribution in [0, 0.1) is 0 Å². The zero-order chi connectivity index (χ0) is 10.6. The monoisotopic (exact) mass is 195 g/mol. The predicted octanol–water partition coefficient (Wildman–Crippen LogP) is 1.24. The molecule has 4 nitrogen and oxygen atoms in total. The summed E-state index contributed by atoms with van der Waals surface area (Å²) in [6.45, 7) is 2.52. The molecule has 0 aliphatic rings. The van der Waals surface area contributed by atoms with E-state index in [4.69, 9.17) is 10.2 Å². The van der Waals surface area contributed by atoms with Gasteiger partial charge >= 0.3 is 0 Å². The third-order valence-corrected chi connectivity index (χ3v) is 1.70. The summed E-state index contributed by atoms with van der Waals surface area (Å²) in [6, 6.07) is 3.80. The highest BCUT2D eigenvalue weighted by atomic mass is 16.3. The average molecular weight is 195 g/mol. The van der Waals surface area contributed by atoms with Gasteiger partial charge in [-0.1, -0.05) is 6.92 Å². The van der Waals surface area contributed by atoms with E-state index < -0.39 is 0 Å². The lowest BCUT2D eigenvalue weighted by molar-refractivity contribution is 0.0953. The molecule has 0 spiro atoms. The van der Waals surface area contributed by atoms with E-state index in [1.54, 1.807) is 0 Å². The SMILES string of the molecule is CCCNC(=O)c1cc(O)cc(O)c1. The van der Waals surface area contributed by atoms with Gasteiger partial charge in [0.25, 0.3) is 5.91 Å². The third-order valence-electron chi connectivity index (χ3n) is 1.70. The van der Waals surface area contributed by atoms with Crippen molar-refractivity contribution in [3.05, 3.63) is 23.8 Å².